The fraction of sp³-hybridized carbons (Fsp3) is 0.0476. The first-order chi connectivity index (χ1) is 14.2. The molecule has 0 amide bonds. The third kappa shape index (κ3) is 3.46. The van der Waals surface area contributed by atoms with E-state index in [1.807, 2.05) is 54.6 Å². The molecule has 2 aromatic carbocycles. The predicted octanol–water partition coefficient (Wildman–Crippen LogP) is 4.23. The number of aromatic nitrogens is 1. The molecule has 0 saturated carbocycles. The van der Waals surface area contributed by atoms with Crippen molar-refractivity contribution in [2.75, 3.05) is 0 Å². The summed E-state index contributed by atoms with van der Waals surface area (Å²) in [6.45, 7) is 0. The number of hydrogen-bond donors (Lipinski definition) is 1. The Hall–Kier alpha value is -2.96. The number of fused-ring (bicyclic) bond motifs is 1. The standard InChI is InChI=1S/C21H14BCl2N3O2/c23-16-9-14-10-17(21-26-22(29-27-21)15-7-4-8-25-12-15)19(13-5-2-1-3-6-13)28-20(14)18(24)11-16/h1-12,19H,(H,26,27). The molecule has 0 radical (unpaired) electrons. The summed E-state index contributed by atoms with van der Waals surface area (Å²) in [5.74, 6) is 1.19. The summed E-state index contributed by atoms with van der Waals surface area (Å²) < 4.78 is 11.9. The Balaban J connectivity index is 1.55. The number of halogens is 2. The Labute approximate surface area is 178 Å². The average Bonchev–Trinajstić information content (AvgIpc) is 3.24. The van der Waals surface area contributed by atoms with Crippen molar-refractivity contribution in [3.05, 3.63) is 93.7 Å². The molecular formula is C21H14BCl2N3O2. The second-order valence-electron chi connectivity index (χ2n) is 6.67. The van der Waals surface area contributed by atoms with Gasteiger partial charge in [-0.05, 0) is 29.8 Å². The summed E-state index contributed by atoms with van der Waals surface area (Å²) in [5.41, 5.74) is 3.48. The molecular weight excluding hydrogens is 408 g/mol. The van der Waals surface area contributed by atoms with Crippen LogP contribution in [0.1, 0.15) is 17.2 Å². The summed E-state index contributed by atoms with van der Waals surface area (Å²) in [6.07, 6.45) is 5.04. The molecule has 0 saturated heterocycles. The van der Waals surface area contributed by atoms with Gasteiger partial charge in [-0.15, -0.1) is 0 Å². The van der Waals surface area contributed by atoms with E-state index in [1.165, 1.54) is 0 Å². The van der Waals surface area contributed by atoms with Crippen molar-refractivity contribution >= 4 is 47.6 Å². The highest BCUT2D eigenvalue weighted by atomic mass is 35.5. The smallest absolute Gasteiger partial charge is 0.479 e. The Morgan fingerprint density at radius 2 is 1.90 bits per heavy atom. The molecule has 0 spiro atoms. The molecule has 5 rings (SSSR count). The summed E-state index contributed by atoms with van der Waals surface area (Å²) in [6, 6.07) is 17.2. The van der Waals surface area contributed by atoms with Crippen LogP contribution in [-0.2, 0) is 4.76 Å². The highest BCUT2D eigenvalue weighted by Gasteiger charge is 2.36. The maximum absolute atomic E-state index is 6.39. The lowest BCUT2D eigenvalue weighted by molar-refractivity contribution is 0.244. The largest absolute Gasteiger partial charge is 0.545 e. The van der Waals surface area contributed by atoms with E-state index in [1.54, 1.807) is 18.5 Å². The van der Waals surface area contributed by atoms with Crippen LogP contribution in [-0.4, -0.2) is 17.9 Å². The van der Waals surface area contributed by atoms with Crippen LogP contribution in [0.5, 0.6) is 5.75 Å². The average molecular weight is 422 g/mol. The second kappa shape index (κ2) is 7.46. The molecule has 1 aromatic heterocycles. The monoisotopic (exact) mass is 421 g/mol. The summed E-state index contributed by atoms with van der Waals surface area (Å²) >= 11 is 12.6. The van der Waals surface area contributed by atoms with E-state index in [4.69, 9.17) is 32.7 Å². The van der Waals surface area contributed by atoms with Crippen LogP contribution >= 0.6 is 23.2 Å². The van der Waals surface area contributed by atoms with Gasteiger partial charge >= 0.3 is 7.05 Å². The normalized spacial score (nSPS) is 17.4. The number of nitrogens with zero attached hydrogens (tertiary/aromatic N) is 2. The van der Waals surface area contributed by atoms with Crippen molar-refractivity contribution in [1.29, 1.82) is 0 Å². The molecule has 1 atom stereocenters. The van der Waals surface area contributed by atoms with Crippen molar-refractivity contribution in [3.8, 4) is 5.75 Å². The summed E-state index contributed by atoms with van der Waals surface area (Å²) in [5, 5.41) is 8.59. The van der Waals surface area contributed by atoms with Gasteiger partial charge in [0.05, 0.1) is 5.02 Å². The van der Waals surface area contributed by atoms with E-state index < -0.39 is 13.2 Å². The summed E-state index contributed by atoms with van der Waals surface area (Å²) in [4.78, 5) is 4.14. The Morgan fingerprint density at radius 1 is 1.03 bits per heavy atom. The minimum absolute atomic E-state index is 0.398. The Bertz CT molecular complexity index is 1120. The van der Waals surface area contributed by atoms with Gasteiger partial charge in [-0.1, -0.05) is 64.8 Å². The Kier molecular flexibility index (Phi) is 4.66. The molecule has 0 fully saturated rings. The first kappa shape index (κ1) is 18.1. The van der Waals surface area contributed by atoms with Crippen LogP contribution in [0.4, 0.5) is 0 Å². The van der Waals surface area contributed by atoms with Gasteiger partial charge in [0.25, 0.3) is 0 Å². The SMILES string of the molecule is Clc1cc(Cl)c2c(c1)C=C(C1=NOB(c3cccnc3)N1)C(c1ccccc1)O2. The molecule has 29 heavy (non-hydrogen) atoms. The fourth-order valence-electron chi connectivity index (χ4n) is 3.40. The first-order valence-corrected chi connectivity index (χ1v) is 9.77. The van der Waals surface area contributed by atoms with Gasteiger partial charge in [-0.25, -0.2) is 0 Å². The third-order valence-corrected chi connectivity index (χ3v) is 5.25. The fourth-order valence-corrected chi connectivity index (χ4v) is 3.95. The number of nitrogens with one attached hydrogen (secondary N) is 1. The summed E-state index contributed by atoms with van der Waals surface area (Å²) in [7, 11) is -0.416. The lowest BCUT2D eigenvalue weighted by Gasteiger charge is -2.28. The highest BCUT2D eigenvalue weighted by Crippen LogP contribution is 2.43. The van der Waals surface area contributed by atoms with Crippen molar-refractivity contribution in [1.82, 2.24) is 10.2 Å². The van der Waals surface area contributed by atoms with Crippen LogP contribution < -0.4 is 15.4 Å². The first-order valence-electron chi connectivity index (χ1n) is 9.02. The van der Waals surface area contributed by atoms with Crippen LogP contribution in [0.2, 0.25) is 10.0 Å². The number of benzene rings is 2. The van der Waals surface area contributed by atoms with Gasteiger partial charge in [0.1, 0.15) is 5.75 Å². The molecule has 142 valence electrons. The van der Waals surface area contributed by atoms with Crippen molar-refractivity contribution in [3.63, 3.8) is 0 Å². The van der Waals surface area contributed by atoms with E-state index in [9.17, 15) is 0 Å². The van der Waals surface area contributed by atoms with E-state index >= 15 is 0 Å². The van der Waals surface area contributed by atoms with Crippen LogP contribution in [0.25, 0.3) is 6.08 Å². The molecule has 2 aliphatic rings. The lowest BCUT2D eigenvalue weighted by atomic mass is 9.75. The maximum Gasteiger partial charge on any atom is 0.545 e. The predicted molar refractivity (Wildman–Crippen MR) is 116 cm³/mol. The number of ether oxygens (including phenoxy) is 1. The molecule has 1 unspecified atom stereocenters. The van der Waals surface area contributed by atoms with Gasteiger partial charge in [-0.3, -0.25) is 4.98 Å². The quantitative estimate of drug-likeness (QED) is 0.642. The van der Waals surface area contributed by atoms with E-state index in [-0.39, 0.29) is 0 Å². The number of rotatable bonds is 3. The molecule has 0 aliphatic carbocycles. The van der Waals surface area contributed by atoms with Gasteiger partial charge in [0.15, 0.2) is 11.9 Å². The van der Waals surface area contributed by atoms with Crippen molar-refractivity contribution in [2.24, 2.45) is 5.16 Å². The molecule has 0 bridgehead atoms. The molecule has 8 heteroatoms. The number of amidine groups is 1. The van der Waals surface area contributed by atoms with Gasteiger partial charge in [-0.2, -0.15) is 0 Å². The van der Waals surface area contributed by atoms with Crippen molar-refractivity contribution in [2.45, 2.75) is 6.10 Å². The molecule has 5 nitrogen and oxygen atoms in total. The number of hydrogen-bond acceptors (Lipinski definition) is 5. The van der Waals surface area contributed by atoms with Crippen LogP contribution in [0.15, 0.2) is 77.7 Å². The zero-order chi connectivity index (χ0) is 19.8. The van der Waals surface area contributed by atoms with E-state index in [0.717, 1.165) is 22.2 Å². The zero-order valence-corrected chi connectivity index (χ0v) is 16.6. The van der Waals surface area contributed by atoms with E-state index in [0.29, 0.717) is 21.6 Å². The van der Waals surface area contributed by atoms with Gasteiger partial charge in [0, 0.05) is 34.0 Å². The molecule has 1 N–H and O–H groups in total. The third-order valence-electron chi connectivity index (χ3n) is 4.75. The topological polar surface area (TPSA) is 55.7 Å². The second-order valence-corrected chi connectivity index (χ2v) is 7.51. The lowest BCUT2D eigenvalue weighted by Crippen LogP contribution is -2.46. The molecule has 3 heterocycles. The maximum atomic E-state index is 6.39. The minimum Gasteiger partial charge on any atom is -0.479 e. The van der Waals surface area contributed by atoms with Gasteiger partial charge < -0.3 is 14.7 Å². The Morgan fingerprint density at radius 3 is 2.69 bits per heavy atom. The van der Waals surface area contributed by atoms with E-state index in [2.05, 4.69) is 15.4 Å². The van der Waals surface area contributed by atoms with Gasteiger partial charge in [0.2, 0.25) is 0 Å². The number of pyridine rings is 1. The van der Waals surface area contributed by atoms with Crippen LogP contribution in [0, 0.1) is 0 Å². The van der Waals surface area contributed by atoms with Crippen LogP contribution in [0.3, 0.4) is 0 Å². The zero-order valence-electron chi connectivity index (χ0n) is 15.0. The highest BCUT2D eigenvalue weighted by molar-refractivity contribution is 6.68. The molecule has 3 aromatic rings. The molecule has 2 aliphatic heterocycles. The number of oxime groups is 1. The van der Waals surface area contributed by atoms with Crippen molar-refractivity contribution < 1.29 is 9.49 Å². The minimum atomic E-state index is -0.416.